The van der Waals surface area contributed by atoms with E-state index in [0.717, 1.165) is 12.4 Å². The van der Waals surface area contributed by atoms with Crippen LogP contribution in [0.25, 0.3) is 0 Å². The van der Waals surface area contributed by atoms with Gasteiger partial charge in [-0.15, -0.1) is 0 Å². The maximum atomic E-state index is 13.1. The lowest BCUT2D eigenvalue weighted by molar-refractivity contribution is -0.111. The Labute approximate surface area is 81.7 Å². The Bertz CT molecular complexity index is 323. The molecule has 1 nitrogen and oxygen atoms in total. The van der Waals surface area contributed by atoms with Gasteiger partial charge in [0.2, 0.25) is 0 Å². The third-order valence-corrected chi connectivity index (χ3v) is 2.21. The van der Waals surface area contributed by atoms with Gasteiger partial charge in [-0.25, -0.2) is 8.78 Å². The highest BCUT2D eigenvalue weighted by Crippen LogP contribution is 2.15. The molecule has 0 fully saturated rings. The minimum Gasteiger partial charge on any atom is -0.303 e. The average Bonchev–Trinajstić information content (AvgIpc) is 2.17. The van der Waals surface area contributed by atoms with Crippen molar-refractivity contribution < 1.29 is 13.6 Å². The molecule has 0 saturated heterocycles. The molecule has 1 rings (SSSR count). The van der Waals surface area contributed by atoms with E-state index >= 15 is 0 Å². The summed E-state index contributed by atoms with van der Waals surface area (Å²) in [6, 6.07) is 3.43. The quantitative estimate of drug-likeness (QED) is 0.680. The molecule has 0 saturated carbocycles. The zero-order valence-corrected chi connectivity index (χ0v) is 7.97. The lowest BCUT2D eigenvalue weighted by atomic mass is 9.98. The summed E-state index contributed by atoms with van der Waals surface area (Å²) in [4.78, 5) is 10.5. The molecule has 0 amide bonds. The summed E-state index contributed by atoms with van der Waals surface area (Å²) in [6.07, 6.45) is 1.81. The normalized spacial score (nSPS) is 12.5. The lowest BCUT2D eigenvalue weighted by Crippen LogP contribution is -2.06. The van der Waals surface area contributed by atoms with E-state index in [2.05, 4.69) is 0 Å². The van der Waals surface area contributed by atoms with Crippen molar-refractivity contribution in [3.63, 3.8) is 0 Å². The highest BCUT2D eigenvalue weighted by atomic mass is 19.1. The Hall–Kier alpha value is -1.25. The van der Waals surface area contributed by atoms with Gasteiger partial charge in [-0.1, -0.05) is 13.0 Å². The molecule has 0 aliphatic heterocycles. The van der Waals surface area contributed by atoms with Crippen molar-refractivity contribution in [2.75, 3.05) is 0 Å². The second-order valence-electron chi connectivity index (χ2n) is 3.24. The van der Waals surface area contributed by atoms with Crippen molar-refractivity contribution in [2.24, 2.45) is 5.92 Å². The maximum Gasteiger partial charge on any atom is 0.129 e. The molecular formula is C11H12F2O. The summed E-state index contributed by atoms with van der Waals surface area (Å²) in [7, 11) is 0. The van der Waals surface area contributed by atoms with Crippen LogP contribution >= 0.6 is 0 Å². The molecule has 0 aromatic heterocycles. The average molecular weight is 198 g/mol. The molecule has 0 heterocycles. The first kappa shape index (κ1) is 10.8. The molecule has 76 valence electrons. The lowest BCUT2D eigenvalue weighted by Gasteiger charge is -2.07. The first-order valence-corrected chi connectivity index (χ1v) is 4.56. The monoisotopic (exact) mass is 198 g/mol. The Kier molecular flexibility index (Phi) is 3.74. The van der Waals surface area contributed by atoms with Crippen molar-refractivity contribution >= 4 is 6.29 Å². The zero-order chi connectivity index (χ0) is 10.6. The first-order valence-electron chi connectivity index (χ1n) is 4.56. The number of benzene rings is 1. The molecule has 1 aromatic rings. The first-order chi connectivity index (χ1) is 6.67. The van der Waals surface area contributed by atoms with E-state index in [4.69, 9.17) is 0 Å². The SMILES string of the molecule is CCC(C=O)Cc1ccc(F)cc1F. The van der Waals surface area contributed by atoms with Gasteiger partial charge in [-0.05, 0) is 24.5 Å². The summed E-state index contributed by atoms with van der Waals surface area (Å²) in [6.45, 7) is 1.86. The van der Waals surface area contributed by atoms with Crippen molar-refractivity contribution in [1.29, 1.82) is 0 Å². The predicted octanol–water partition coefficient (Wildman–Crippen LogP) is 2.73. The molecule has 0 aliphatic rings. The fraction of sp³-hybridized carbons (Fsp3) is 0.364. The fourth-order valence-electron chi connectivity index (χ4n) is 1.26. The van der Waals surface area contributed by atoms with E-state index in [0.29, 0.717) is 18.4 Å². The van der Waals surface area contributed by atoms with Gasteiger partial charge in [0.25, 0.3) is 0 Å². The zero-order valence-electron chi connectivity index (χ0n) is 7.97. The minimum absolute atomic E-state index is 0.185. The Morgan fingerprint density at radius 2 is 2.14 bits per heavy atom. The highest BCUT2D eigenvalue weighted by molar-refractivity contribution is 5.54. The van der Waals surface area contributed by atoms with Gasteiger partial charge >= 0.3 is 0 Å². The topological polar surface area (TPSA) is 17.1 Å². The fourth-order valence-corrected chi connectivity index (χ4v) is 1.26. The number of aldehydes is 1. The van der Waals surface area contributed by atoms with Gasteiger partial charge < -0.3 is 4.79 Å². The van der Waals surface area contributed by atoms with Crippen LogP contribution in [0.15, 0.2) is 18.2 Å². The Morgan fingerprint density at radius 3 is 2.64 bits per heavy atom. The molecule has 0 bridgehead atoms. The van der Waals surface area contributed by atoms with Crippen molar-refractivity contribution in [2.45, 2.75) is 19.8 Å². The van der Waals surface area contributed by atoms with Crippen molar-refractivity contribution in [3.8, 4) is 0 Å². The molecule has 0 N–H and O–H groups in total. The van der Waals surface area contributed by atoms with Crippen molar-refractivity contribution in [3.05, 3.63) is 35.4 Å². The summed E-state index contributed by atoms with van der Waals surface area (Å²) in [5.41, 5.74) is 0.394. The maximum absolute atomic E-state index is 13.1. The van der Waals surface area contributed by atoms with Crippen LogP contribution < -0.4 is 0 Å². The summed E-state index contributed by atoms with van der Waals surface area (Å²) in [5, 5.41) is 0. The van der Waals surface area contributed by atoms with E-state index < -0.39 is 11.6 Å². The van der Waals surface area contributed by atoms with Gasteiger partial charge in [-0.2, -0.15) is 0 Å². The standard InChI is InChI=1S/C11H12F2O/c1-2-8(7-14)5-9-3-4-10(12)6-11(9)13/h3-4,6-8H,2,5H2,1H3. The number of halogens is 2. The van der Waals surface area contributed by atoms with Crippen LogP contribution in [-0.4, -0.2) is 6.29 Å². The van der Waals surface area contributed by atoms with Gasteiger partial charge in [0.05, 0.1) is 0 Å². The second kappa shape index (κ2) is 4.84. The van der Waals surface area contributed by atoms with E-state index in [1.807, 2.05) is 6.92 Å². The molecule has 0 radical (unpaired) electrons. The molecule has 1 unspecified atom stereocenters. The molecular weight excluding hydrogens is 186 g/mol. The van der Waals surface area contributed by atoms with E-state index in [-0.39, 0.29) is 5.92 Å². The second-order valence-corrected chi connectivity index (χ2v) is 3.24. The molecule has 3 heteroatoms. The van der Waals surface area contributed by atoms with Crippen LogP contribution in [0.5, 0.6) is 0 Å². The van der Waals surface area contributed by atoms with Crippen LogP contribution in [-0.2, 0) is 11.2 Å². The summed E-state index contributed by atoms with van der Waals surface area (Å²) < 4.78 is 25.7. The summed E-state index contributed by atoms with van der Waals surface area (Å²) >= 11 is 0. The van der Waals surface area contributed by atoms with Crippen LogP contribution in [0.4, 0.5) is 8.78 Å². The predicted molar refractivity (Wildman–Crippen MR) is 49.9 cm³/mol. The Morgan fingerprint density at radius 1 is 1.43 bits per heavy atom. The largest absolute Gasteiger partial charge is 0.303 e. The van der Waals surface area contributed by atoms with Gasteiger partial charge in [0, 0.05) is 12.0 Å². The van der Waals surface area contributed by atoms with Crippen LogP contribution in [0.3, 0.4) is 0 Å². The summed E-state index contributed by atoms with van der Waals surface area (Å²) in [5.74, 6) is -1.36. The van der Waals surface area contributed by atoms with E-state index in [1.165, 1.54) is 12.1 Å². The van der Waals surface area contributed by atoms with Crippen molar-refractivity contribution in [1.82, 2.24) is 0 Å². The Balaban J connectivity index is 2.80. The molecule has 14 heavy (non-hydrogen) atoms. The third-order valence-electron chi connectivity index (χ3n) is 2.21. The number of hydrogen-bond donors (Lipinski definition) is 0. The number of carbonyl (C=O) groups excluding carboxylic acids is 1. The minimum atomic E-state index is -0.592. The van der Waals surface area contributed by atoms with Gasteiger partial charge in [0.1, 0.15) is 17.9 Å². The number of rotatable bonds is 4. The number of carbonyl (C=O) groups is 1. The van der Waals surface area contributed by atoms with Crippen LogP contribution in [0, 0.1) is 17.6 Å². The van der Waals surface area contributed by atoms with E-state index in [9.17, 15) is 13.6 Å². The molecule has 0 aliphatic carbocycles. The van der Waals surface area contributed by atoms with Crippen LogP contribution in [0.2, 0.25) is 0 Å². The molecule has 0 spiro atoms. The van der Waals surface area contributed by atoms with E-state index in [1.54, 1.807) is 0 Å². The van der Waals surface area contributed by atoms with Gasteiger partial charge in [0.15, 0.2) is 0 Å². The molecule has 1 aromatic carbocycles. The number of hydrogen-bond acceptors (Lipinski definition) is 1. The van der Waals surface area contributed by atoms with Gasteiger partial charge in [-0.3, -0.25) is 0 Å². The highest BCUT2D eigenvalue weighted by Gasteiger charge is 2.10. The molecule has 1 atom stereocenters. The smallest absolute Gasteiger partial charge is 0.129 e. The third kappa shape index (κ3) is 2.62. The van der Waals surface area contributed by atoms with Crippen LogP contribution in [0.1, 0.15) is 18.9 Å².